The molecule has 3 heteroatoms. The Hall–Kier alpha value is -2.29. The van der Waals surface area contributed by atoms with Gasteiger partial charge in [0.25, 0.3) is 0 Å². The van der Waals surface area contributed by atoms with Gasteiger partial charge in [-0.25, -0.2) is 0 Å². The van der Waals surface area contributed by atoms with Crippen LogP contribution in [-0.2, 0) is 13.2 Å². The molecule has 0 heterocycles. The number of rotatable bonds is 9. The van der Waals surface area contributed by atoms with Crippen LogP contribution in [0.4, 0.5) is 0 Å². The smallest absolute Gasteiger partial charge is 0.138 e. The van der Waals surface area contributed by atoms with Crippen LogP contribution in [0.3, 0.4) is 0 Å². The van der Waals surface area contributed by atoms with Gasteiger partial charge in [-0.15, -0.1) is 0 Å². The third-order valence-corrected chi connectivity index (χ3v) is 4.86. The second-order valence-electron chi connectivity index (χ2n) is 6.67. The first-order valence-electron chi connectivity index (χ1n) is 9.49. The van der Waals surface area contributed by atoms with E-state index < -0.39 is 0 Å². The van der Waals surface area contributed by atoms with Crippen molar-refractivity contribution in [2.45, 2.75) is 39.0 Å². The highest BCUT2D eigenvalue weighted by molar-refractivity contribution is 6.32. The molecule has 1 N–H and O–H groups in total. The molecule has 3 aromatic rings. The molecule has 27 heavy (non-hydrogen) atoms. The van der Waals surface area contributed by atoms with Crippen LogP contribution in [0.2, 0.25) is 5.02 Å². The van der Waals surface area contributed by atoms with Gasteiger partial charge in [0, 0.05) is 12.6 Å². The first kappa shape index (κ1) is 19.5. The zero-order valence-corrected chi connectivity index (χ0v) is 16.5. The molecular formula is C24H26ClNO. The summed E-state index contributed by atoms with van der Waals surface area (Å²) in [6, 6.07) is 27.1. The van der Waals surface area contributed by atoms with E-state index in [0.29, 0.717) is 17.7 Å². The number of halogens is 1. The van der Waals surface area contributed by atoms with Gasteiger partial charge in [-0.05, 0) is 35.2 Å². The summed E-state index contributed by atoms with van der Waals surface area (Å²) in [6.07, 6.45) is 2.25. The lowest BCUT2D eigenvalue weighted by Crippen LogP contribution is -2.20. The highest BCUT2D eigenvalue weighted by Crippen LogP contribution is 2.27. The maximum Gasteiger partial charge on any atom is 0.138 e. The Bertz CT molecular complexity index is 820. The summed E-state index contributed by atoms with van der Waals surface area (Å²) in [5.74, 6) is 0.720. The third-order valence-electron chi connectivity index (χ3n) is 4.57. The number of hydrogen-bond acceptors (Lipinski definition) is 2. The van der Waals surface area contributed by atoms with Crippen LogP contribution in [-0.4, -0.2) is 0 Å². The third kappa shape index (κ3) is 5.85. The topological polar surface area (TPSA) is 21.3 Å². The molecule has 2 nitrogen and oxygen atoms in total. The van der Waals surface area contributed by atoms with Crippen LogP contribution in [0.25, 0.3) is 0 Å². The second kappa shape index (κ2) is 10.1. The molecule has 3 rings (SSSR count). The summed E-state index contributed by atoms with van der Waals surface area (Å²) in [6.45, 7) is 3.51. The standard InChI is InChI=1S/C24H26ClNO/c1-2-9-23(21-12-7-4-8-13-21)26-17-20-14-15-24(22(25)16-20)27-18-19-10-5-3-6-11-19/h3-8,10-16,23,26H,2,9,17-18H2,1H3. The molecule has 0 radical (unpaired) electrons. The largest absolute Gasteiger partial charge is 0.487 e. The minimum absolute atomic E-state index is 0.351. The average molecular weight is 380 g/mol. The molecule has 0 aromatic heterocycles. The van der Waals surface area contributed by atoms with Crippen LogP contribution < -0.4 is 10.1 Å². The molecule has 1 unspecified atom stereocenters. The fraction of sp³-hybridized carbons (Fsp3) is 0.250. The minimum atomic E-state index is 0.351. The Kier molecular flexibility index (Phi) is 7.32. The van der Waals surface area contributed by atoms with Gasteiger partial charge in [0.05, 0.1) is 5.02 Å². The molecule has 0 saturated heterocycles. The van der Waals surface area contributed by atoms with Gasteiger partial charge in [0.1, 0.15) is 12.4 Å². The van der Waals surface area contributed by atoms with Crippen LogP contribution >= 0.6 is 11.6 Å². The van der Waals surface area contributed by atoms with E-state index in [2.05, 4.69) is 48.6 Å². The SMILES string of the molecule is CCCC(NCc1ccc(OCc2ccccc2)c(Cl)c1)c1ccccc1. The molecule has 0 fully saturated rings. The van der Waals surface area contributed by atoms with Gasteiger partial charge in [0.15, 0.2) is 0 Å². The predicted molar refractivity (Wildman–Crippen MR) is 113 cm³/mol. The molecule has 0 bridgehead atoms. The van der Waals surface area contributed by atoms with Gasteiger partial charge < -0.3 is 10.1 Å². The highest BCUT2D eigenvalue weighted by atomic mass is 35.5. The lowest BCUT2D eigenvalue weighted by molar-refractivity contribution is 0.306. The molecule has 0 saturated carbocycles. The van der Waals surface area contributed by atoms with Crippen molar-refractivity contribution in [1.82, 2.24) is 5.32 Å². The van der Waals surface area contributed by atoms with Crippen molar-refractivity contribution in [2.24, 2.45) is 0 Å². The van der Waals surface area contributed by atoms with Crippen LogP contribution in [0.1, 0.15) is 42.5 Å². The lowest BCUT2D eigenvalue weighted by Gasteiger charge is -2.19. The summed E-state index contributed by atoms with van der Waals surface area (Å²) in [5, 5.41) is 4.31. The molecule has 0 aliphatic heterocycles. The summed E-state index contributed by atoms with van der Waals surface area (Å²) in [5.41, 5.74) is 3.61. The van der Waals surface area contributed by atoms with Crippen molar-refractivity contribution in [3.63, 3.8) is 0 Å². The number of nitrogens with one attached hydrogen (secondary N) is 1. The Balaban J connectivity index is 1.59. The Morgan fingerprint density at radius 1 is 0.889 bits per heavy atom. The van der Waals surface area contributed by atoms with Gasteiger partial charge in [0.2, 0.25) is 0 Å². The Morgan fingerprint density at radius 2 is 1.59 bits per heavy atom. The van der Waals surface area contributed by atoms with Crippen LogP contribution in [0, 0.1) is 0 Å². The predicted octanol–water partition coefficient (Wildman–Crippen LogP) is 6.55. The maximum atomic E-state index is 6.44. The van der Waals surface area contributed by atoms with Crippen molar-refractivity contribution in [3.05, 3.63) is 101 Å². The summed E-state index contributed by atoms with van der Waals surface area (Å²) in [4.78, 5) is 0. The normalized spacial score (nSPS) is 11.9. The van der Waals surface area contributed by atoms with Crippen molar-refractivity contribution in [3.8, 4) is 5.75 Å². The molecule has 0 amide bonds. The first-order valence-corrected chi connectivity index (χ1v) is 9.87. The van der Waals surface area contributed by atoms with Crippen molar-refractivity contribution < 1.29 is 4.74 Å². The average Bonchev–Trinajstić information content (AvgIpc) is 2.72. The highest BCUT2D eigenvalue weighted by Gasteiger charge is 2.10. The van der Waals surface area contributed by atoms with Crippen molar-refractivity contribution >= 4 is 11.6 Å². The second-order valence-corrected chi connectivity index (χ2v) is 7.08. The maximum absolute atomic E-state index is 6.44. The van der Waals surface area contributed by atoms with Crippen LogP contribution in [0.5, 0.6) is 5.75 Å². The first-order chi connectivity index (χ1) is 13.3. The van der Waals surface area contributed by atoms with Crippen molar-refractivity contribution in [1.29, 1.82) is 0 Å². The van der Waals surface area contributed by atoms with Gasteiger partial charge in [-0.1, -0.05) is 91.7 Å². The van der Waals surface area contributed by atoms with E-state index in [1.807, 2.05) is 42.5 Å². The quantitative estimate of drug-likeness (QED) is 0.455. The Morgan fingerprint density at radius 3 is 2.26 bits per heavy atom. The number of benzene rings is 3. The molecule has 1 atom stereocenters. The van der Waals surface area contributed by atoms with E-state index >= 15 is 0 Å². The monoisotopic (exact) mass is 379 g/mol. The van der Waals surface area contributed by atoms with E-state index in [4.69, 9.17) is 16.3 Å². The molecule has 0 aliphatic rings. The van der Waals surface area contributed by atoms with E-state index in [1.165, 1.54) is 5.56 Å². The van der Waals surface area contributed by atoms with Gasteiger partial charge >= 0.3 is 0 Å². The van der Waals surface area contributed by atoms with E-state index in [-0.39, 0.29) is 0 Å². The molecule has 0 aliphatic carbocycles. The lowest BCUT2D eigenvalue weighted by atomic mass is 10.0. The number of ether oxygens (including phenoxy) is 1. The Labute approximate surface area is 167 Å². The number of hydrogen-bond donors (Lipinski definition) is 1. The zero-order valence-electron chi connectivity index (χ0n) is 15.7. The van der Waals surface area contributed by atoms with Gasteiger partial charge in [-0.3, -0.25) is 0 Å². The van der Waals surface area contributed by atoms with E-state index in [9.17, 15) is 0 Å². The van der Waals surface area contributed by atoms with Gasteiger partial charge in [-0.2, -0.15) is 0 Å². The van der Waals surface area contributed by atoms with Crippen LogP contribution in [0.15, 0.2) is 78.9 Å². The fourth-order valence-electron chi connectivity index (χ4n) is 3.11. The fourth-order valence-corrected chi connectivity index (χ4v) is 3.37. The van der Waals surface area contributed by atoms with E-state index in [0.717, 1.165) is 36.3 Å². The summed E-state index contributed by atoms with van der Waals surface area (Å²) < 4.78 is 5.86. The molecule has 3 aromatic carbocycles. The molecule has 140 valence electrons. The minimum Gasteiger partial charge on any atom is -0.487 e. The summed E-state index contributed by atoms with van der Waals surface area (Å²) >= 11 is 6.44. The van der Waals surface area contributed by atoms with E-state index in [1.54, 1.807) is 0 Å². The molecular weight excluding hydrogens is 354 g/mol. The summed E-state index contributed by atoms with van der Waals surface area (Å²) in [7, 11) is 0. The molecule has 0 spiro atoms. The zero-order chi connectivity index (χ0) is 18.9. The van der Waals surface area contributed by atoms with Crippen molar-refractivity contribution in [2.75, 3.05) is 0 Å².